The summed E-state index contributed by atoms with van der Waals surface area (Å²) >= 11 is 1.42. The molecule has 1 amide bonds. The molecule has 0 fully saturated rings. The van der Waals surface area contributed by atoms with E-state index < -0.39 is 5.97 Å². The molecule has 1 N–H and O–H groups in total. The summed E-state index contributed by atoms with van der Waals surface area (Å²) in [6, 6.07) is 11.9. The van der Waals surface area contributed by atoms with Crippen LogP contribution in [0.2, 0.25) is 0 Å². The van der Waals surface area contributed by atoms with Gasteiger partial charge in [-0.1, -0.05) is 29.8 Å². The Labute approximate surface area is 153 Å². The number of carbonyl (C=O) groups is 2. The number of ether oxygens (including phenoxy) is 1. The molecule has 0 bridgehead atoms. The number of hydrogen-bond acceptors (Lipinski definition) is 4. The van der Waals surface area contributed by atoms with E-state index >= 15 is 0 Å². The molecular weight excluding hydrogens is 334 g/mol. The average molecular weight is 357 g/mol. The maximum atomic E-state index is 12.0. The van der Waals surface area contributed by atoms with E-state index in [0.29, 0.717) is 0 Å². The monoisotopic (exact) mass is 357 g/mol. The Hall–Kier alpha value is -2.27. The summed E-state index contributed by atoms with van der Waals surface area (Å²) < 4.78 is 5.06. The molecule has 0 unspecified atom stereocenters. The number of hydrogen-bond donors (Lipinski definition) is 1. The van der Waals surface area contributed by atoms with Gasteiger partial charge in [0.2, 0.25) is 0 Å². The lowest BCUT2D eigenvalue weighted by Crippen LogP contribution is -2.22. The highest BCUT2D eigenvalue weighted by Gasteiger charge is 2.10. The van der Waals surface area contributed by atoms with E-state index in [1.807, 2.05) is 58.0 Å². The van der Waals surface area contributed by atoms with Crippen LogP contribution in [0.3, 0.4) is 0 Å². The highest BCUT2D eigenvalue weighted by Crippen LogP contribution is 2.23. The zero-order valence-corrected chi connectivity index (χ0v) is 15.8. The Morgan fingerprint density at radius 1 is 0.960 bits per heavy atom. The molecule has 0 radical (unpaired) electrons. The van der Waals surface area contributed by atoms with Gasteiger partial charge in [-0.2, -0.15) is 0 Å². The van der Waals surface area contributed by atoms with Gasteiger partial charge in [0.05, 0.1) is 5.75 Å². The summed E-state index contributed by atoms with van der Waals surface area (Å²) in [5, 5.41) is 2.77. The van der Waals surface area contributed by atoms with Crippen molar-refractivity contribution in [3.63, 3.8) is 0 Å². The number of aryl methyl sites for hydroxylation is 4. The molecule has 0 atom stereocenters. The van der Waals surface area contributed by atoms with E-state index in [1.165, 1.54) is 17.3 Å². The van der Waals surface area contributed by atoms with Gasteiger partial charge >= 0.3 is 5.97 Å². The maximum Gasteiger partial charge on any atom is 0.316 e. The molecule has 5 heteroatoms. The van der Waals surface area contributed by atoms with Crippen molar-refractivity contribution in [2.24, 2.45) is 0 Å². The van der Waals surface area contributed by atoms with E-state index in [-0.39, 0.29) is 18.3 Å². The molecule has 0 aliphatic rings. The zero-order valence-electron chi connectivity index (χ0n) is 15.0. The van der Waals surface area contributed by atoms with E-state index in [4.69, 9.17) is 4.74 Å². The first kappa shape index (κ1) is 19.1. The molecule has 132 valence electrons. The van der Waals surface area contributed by atoms with Crippen molar-refractivity contribution in [1.82, 2.24) is 0 Å². The number of amides is 1. The Kier molecular flexibility index (Phi) is 6.65. The van der Waals surface area contributed by atoms with Crippen LogP contribution < -0.4 is 5.32 Å². The molecule has 0 saturated carbocycles. The van der Waals surface area contributed by atoms with Gasteiger partial charge in [-0.05, 0) is 56.5 Å². The molecule has 0 aliphatic heterocycles. The van der Waals surface area contributed by atoms with Crippen molar-refractivity contribution in [3.8, 4) is 0 Å². The van der Waals surface area contributed by atoms with Crippen molar-refractivity contribution >= 4 is 29.3 Å². The first-order chi connectivity index (χ1) is 11.8. The molecule has 2 aromatic rings. The second-order valence-electron chi connectivity index (χ2n) is 6.08. The lowest BCUT2D eigenvalue weighted by Gasteiger charge is -2.10. The van der Waals surface area contributed by atoms with Gasteiger partial charge in [0.1, 0.15) is 0 Å². The summed E-state index contributed by atoms with van der Waals surface area (Å²) in [5.41, 5.74) is 5.09. The molecule has 0 aromatic heterocycles. The fourth-order valence-corrected chi connectivity index (χ4v) is 3.15. The second-order valence-corrected chi connectivity index (χ2v) is 7.10. The fraction of sp³-hybridized carbons (Fsp3) is 0.300. The third-order valence-electron chi connectivity index (χ3n) is 3.71. The van der Waals surface area contributed by atoms with Gasteiger partial charge in [-0.15, -0.1) is 11.8 Å². The van der Waals surface area contributed by atoms with Crippen LogP contribution in [0.4, 0.5) is 5.69 Å². The van der Waals surface area contributed by atoms with Crippen molar-refractivity contribution in [2.75, 3.05) is 17.7 Å². The highest BCUT2D eigenvalue weighted by molar-refractivity contribution is 8.00. The summed E-state index contributed by atoms with van der Waals surface area (Å²) in [5.74, 6) is -0.555. The number of esters is 1. The van der Waals surface area contributed by atoms with Gasteiger partial charge in [0.15, 0.2) is 6.61 Å². The third kappa shape index (κ3) is 5.94. The van der Waals surface area contributed by atoms with Crippen LogP contribution in [0.5, 0.6) is 0 Å². The van der Waals surface area contributed by atoms with Crippen LogP contribution in [-0.4, -0.2) is 24.2 Å². The number of anilines is 1. The minimum Gasteiger partial charge on any atom is -0.455 e. The Morgan fingerprint density at radius 3 is 2.36 bits per heavy atom. The average Bonchev–Trinajstić information content (AvgIpc) is 2.55. The van der Waals surface area contributed by atoms with E-state index in [9.17, 15) is 9.59 Å². The number of carbonyl (C=O) groups excluding carboxylic acids is 2. The minimum absolute atomic E-state index is 0.181. The number of nitrogens with one attached hydrogen (secondary N) is 1. The predicted molar refractivity (Wildman–Crippen MR) is 102 cm³/mol. The SMILES string of the molecule is Cc1ccc(SCC(=O)OCC(=O)Nc2cc(C)ccc2C)c(C)c1. The van der Waals surface area contributed by atoms with Crippen molar-refractivity contribution in [3.05, 3.63) is 58.7 Å². The molecule has 25 heavy (non-hydrogen) atoms. The van der Waals surface area contributed by atoms with Gasteiger partial charge in [0, 0.05) is 10.6 Å². The van der Waals surface area contributed by atoms with Crippen LogP contribution in [0.15, 0.2) is 41.3 Å². The molecule has 2 aromatic carbocycles. The quantitative estimate of drug-likeness (QED) is 0.622. The summed E-state index contributed by atoms with van der Waals surface area (Å²) in [6.07, 6.45) is 0. The third-order valence-corrected chi connectivity index (χ3v) is 4.86. The second kappa shape index (κ2) is 8.72. The van der Waals surface area contributed by atoms with Gasteiger partial charge < -0.3 is 10.1 Å². The molecule has 0 heterocycles. The highest BCUT2D eigenvalue weighted by atomic mass is 32.2. The lowest BCUT2D eigenvalue weighted by molar-refractivity contribution is -0.144. The predicted octanol–water partition coefficient (Wildman–Crippen LogP) is 4.19. The van der Waals surface area contributed by atoms with Crippen LogP contribution in [-0.2, 0) is 14.3 Å². The molecular formula is C20H23NO3S. The molecule has 4 nitrogen and oxygen atoms in total. The topological polar surface area (TPSA) is 55.4 Å². The van der Waals surface area contributed by atoms with E-state index in [0.717, 1.165) is 27.3 Å². The van der Waals surface area contributed by atoms with Crippen molar-refractivity contribution in [2.45, 2.75) is 32.6 Å². The van der Waals surface area contributed by atoms with Crippen molar-refractivity contribution < 1.29 is 14.3 Å². The smallest absolute Gasteiger partial charge is 0.316 e. The maximum absolute atomic E-state index is 12.0. The zero-order chi connectivity index (χ0) is 18.4. The van der Waals surface area contributed by atoms with E-state index in [1.54, 1.807) is 0 Å². The number of thioether (sulfide) groups is 1. The largest absolute Gasteiger partial charge is 0.455 e. The lowest BCUT2D eigenvalue weighted by atomic mass is 10.1. The minimum atomic E-state index is -0.402. The summed E-state index contributed by atoms with van der Waals surface area (Å²) in [4.78, 5) is 24.8. The Morgan fingerprint density at radius 2 is 1.64 bits per heavy atom. The number of rotatable bonds is 6. The van der Waals surface area contributed by atoms with Crippen LogP contribution >= 0.6 is 11.8 Å². The molecule has 0 spiro atoms. The molecule has 0 saturated heterocycles. The fourth-order valence-electron chi connectivity index (χ4n) is 2.34. The van der Waals surface area contributed by atoms with Crippen LogP contribution in [0, 0.1) is 27.7 Å². The van der Waals surface area contributed by atoms with E-state index in [2.05, 4.69) is 11.4 Å². The Bertz CT molecular complexity index is 787. The van der Waals surface area contributed by atoms with Gasteiger partial charge in [-0.25, -0.2) is 0 Å². The summed E-state index contributed by atoms with van der Waals surface area (Å²) in [7, 11) is 0. The molecule has 0 aliphatic carbocycles. The summed E-state index contributed by atoms with van der Waals surface area (Å²) in [6.45, 7) is 7.64. The van der Waals surface area contributed by atoms with Crippen LogP contribution in [0.25, 0.3) is 0 Å². The van der Waals surface area contributed by atoms with Crippen molar-refractivity contribution in [1.29, 1.82) is 0 Å². The van der Waals surface area contributed by atoms with Gasteiger partial charge in [-0.3, -0.25) is 9.59 Å². The first-order valence-corrected chi connectivity index (χ1v) is 9.06. The Balaban J connectivity index is 1.79. The standard InChI is InChI=1S/C20H23NO3S/c1-13-6-8-18(16(4)9-13)25-12-20(23)24-11-19(22)21-17-10-14(2)5-7-15(17)3/h5-10H,11-12H2,1-4H3,(H,21,22). The number of benzene rings is 2. The first-order valence-electron chi connectivity index (χ1n) is 8.08. The normalized spacial score (nSPS) is 10.4. The molecule has 2 rings (SSSR count). The van der Waals surface area contributed by atoms with Crippen LogP contribution in [0.1, 0.15) is 22.3 Å². The van der Waals surface area contributed by atoms with Gasteiger partial charge in [0.25, 0.3) is 5.91 Å².